The van der Waals surface area contributed by atoms with Crippen LogP contribution in [0.4, 0.5) is 0 Å². The van der Waals surface area contributed by atoms with Crippen LogP contribution in [0.15, 0.2) is 0 Å². The van der Waals surface area contributed by atoms with Crippen LogP contribution in [-0.4, -0.2) is 34.1 Å². The molecule has 1 N–H and O–H groups in total. The second kappa shape index (κ2) is 7.44. The van der Waals surface area contributed by atoms with Gasteiger partial charge in [-0.3, -0.25) is 0 Å². The van der Waals surface area contributed by atoms with Gasteiger partial charge in [-0.25, -0.2) is 0 Å². The maximum Gasteiger partial charge on any atom is 0.0294 e. The fourth-order valence-corrected chi connectivity index (χ4v) is 6.40. The van der Waals surface area contributed by atoms with E-state index in [4.69, 9.17) is 0 Å². The average Bonchev–Trinajstić information content (AvgIpc) is 2.85. The predicted molar refractivity (Wildman–Crippen MR) is 86.8 cm³/mol. The van der Waals surface area contributed by atoms with Gasteiger partial charge < -0.3 is 5.32 Å². The highest BCUT2D eigenvalue weighted by atomic mass is 32.2. The predicted octanol–water partition coefficient (Wildman–Crippen LogP) is 4.17. The van der Waals surface area contributed by atoms with Crippen LogP contribution in [0.2, 0.25) is 0 Å². The highest BCUT2D eigenvalue weighted by Gasteiger charge is 2.32. The molecule has 0 amide bonds. The molecule has 3 heteroatoms. The summed E-state index contributed by atoms with van der Waals surface area (Å²) in [5.74, 6) is 2.36. The van der Waals surface area contributed by atoms with E-state index in [-0.39, 0.29) is 0 Å². The van der Waals surface area contributed by atoms with E-state index in [0.717, 1.165) is 34.3 Å². The van der Waals surface area contributed by atoms with Crippen molar-refractivity contribution in [3.63, 3.8) is 0 Å². The Kier molecular flexibility index (Phi) is 6.23. The van der Waals surface area contributed by atoms with E-state index in [1.165, 1.54) is 37.9 Å². The molecule has 0 bridgehead atoms. The van der Waals surface area contributed by atoms with Gasteiger partial charge in [-0.15, -0.1) is 0 Å². The van der Waals surface area contributed by atoms with Crippen molar-refractivity contribution < 1.29 is 0 Å². The molecule has 18 heavy (non-hydrogen) atoms. The standard InChI is InChI=1S/C15H29NS2/c1-4-16-14(9-13-7-5-6-8-13)15-10-17-11(2)12(3)18-15/h11-16H,4-10H2,1-3H3. The Hall–Kier alpha value is 0.660. The summed E-state index contributed by atoms with van der Waals surface area (Å²) in [7, 11) is 0. The lowest BCUT2D eigenvalue weighted by Gasteiger charge is -2.37. The van der Waals surface area contributed by atoms with Gasteiger partial charge in [0.05, 0.1) is 0 Å². The molecule has 1 aliphatic carbocycles. The summed E-state index contributed by atoms with van der Waals surface area (Å²) in [6.45, 7) is 8.18. The first-order valence-electron chi connectivity index (χ1n) is 7.71. The quantitative estimate of drug-likeness (QED) is 0.815. The Balaban J connectivity index is 1.87. The lowest BCUT2D eigenvalue weighted by atomic mass is 9.96. The Morgan fingerprint density at radius 2 is 1.89 bits per heavy atom. The van der Waals surface area contributed by atoms with Crippen LogP contribution in [-0.2, 0) is 0 Å². The zero-order chi connectivity index (χ0) is 13.0. The molecule has 2 aliphatic rings. The maximum absolute atomic E-state index is 3.78. The van der Waals surface area contributed by atoms with E-state index in [1.54, 1.807) is 0 Å². The van der Waals surface area contributed by atoms with E-state index in [9.17, 15) is 0 Å². The van der Waals surface area contributed by atoms with Crippen LogP contribution in [0.1, 0.15) is 52.9 Å². The monoisotopic (exact) mass is 287 g/mol. The summed E-state index contributed by atoms with van der Waals surface area (Å²) in [5, 5.41) is 6.27. The van der Waals surface area contributed by atoms with Crippen LogP contribution in [0.3, 0.4) is 0 Å². The number of thioether (sulfide) groups is 2. The van der Waals surface area contributed by atoms with Crippen LogP contribution < -0.4 is 5.32 Å². The smallest absolute Gasteiger partial charge is 0.0294 e. The first-order chi connectivity index (χ1) is 8.70. The van der Waals surface area contributed by atoms with E-state index < -0.39 is 0 Å². The second-order valence-corrected chi connectivity index (χ2v) is 9.00. The third-order valence-corrected chi connectivity index (χ3v) is 8.10. The molecule has 1 saturated heterocycles. The minimum Gasteiger partial charge on any atom is -0.313 e. The van der Waals surface area contributed by atoms with E-state index in [1.807, 2.05) is 0 Å². The van der Waals surface area contributed by atoms with Gasteiger partial charge in [-0.05, 0) is 18.9 Å². The fraction of sp³-hybridized carbons (Fsp3) is 1.00. The van der Waals surface area contributed by atoms with Gasteiger partial charge in [0.15, 0.2) is 0 Å². The van der Waals surface area contributed by atoms with Gasteiger partial charge in [0.2, 0.25) is 0 Å². The molecule has 1 heterocycles. The topological polar surface area (TPSA) is 12.0 Å². The SMILES string of the molecule is CCNC(CC1CCCC1)C1CSC(C)C(C)S1. The van der Waals surface area contributed by atoms with E-state index in [2.05, 4.69) is 49.6 Å². The first kappa shape index (κ1) is 15.1. The molecule has 1 nitrogen and oxygen atoms in total. The summed E-state index contributed by atoms with van der Waals surface area (Å²) in [5.41, 5.74) is 0. The van der Waals surface area contributed by atoms with E-state index >= 15 is 0 Å². The van der Waals surface area contributed by atoms with Gasteiger partial charge >= 0.3 is 0 Å². The average molecular weight is 288 g/mol. The lowest BCUT2D eigenvalue weighted by molar-refractivity contribution is 0.390. The van der Waals surface area contributed by atoms with Crippen molar-refractivity contribution in [3.8, 4) is 0 Å². The minimum atomic E-state index is 0.755. The van der Waals surface area contributed by atoms with Gasteiger partial charge in [0, 0.05) is 27.5 Å². The number of hydrogen-bond donors (Lipinski definition) is 1. The summed E-state index contributed by atoms with van der Waals surface area (Å²) in [4.78, 5) is 0. The van der Waals surface area contributed by atoms with Gasteiger partial charge in [0.25, 0.3) is 0 Å². The highest BCUT2D eigenvalue weighted by Crippen LogP contribution is 2.39. The van der Waals surface area contributed by atoms with E-state index in [0.29, 0.717) is 0 Å². The van der Waals surface area contributed by atoms with Crippen LogP contribution in [0.25, 0.3) is 0 Å². The largest absolute Gasteiger partial charge is 0.313 e. The molecule has 1 aliphatic heterocycles. The van der Waals surface area contributed by atoms with Gasteiger partial charge in [-0.1, -0.05) is 46.5 Å². The second-order valence-electron chi connectivity index (χ2n) is 5.97. The molecule has 0 spiro atoms. The van der Waals surface area contributed by atoms with Crippen molar-refractivity contribution in [1.82, 2.24) is 5.32 Å². The van der Waals surface area contributed by atoms with Crippen molar-refractivity contribution >= 4 is 23.5 Å². The molecule has 4 atom stereocenters. The Labute approximate surface area is 122 Å². The van der Waals surface area contributed by atoms with Crippen LogP contribution in [0, 0.1) is 5.92 Å². The first-order valence-corrected chi connectivity index (χ1v) is 9.70. The summed E-state index contributed by atoms with van der Waals surface area (Å²) < 4.78 is 0. The highest BCUT2D eigenvalue weighted by molar-refractivity contribution is 8.07. The molecule has 0 aromatic rings. The summed E-state index contributed by atoms with van der Waals surface area (Å²) >= 11 is 4.43. The molecule has 2 fully saturated rings. The van der Waals surface area contributed by atoms with Crippen molar-refractivity contribution in [2.24, 2.45) is 5.92 Å². The molecule has 0 radical (unpaired) electrons. The molecular weight excluding hydrogens is 258 g/mol. The number of nitrogens with one attached hydrogen (secondary N) is 1. The molecule has 0 aromatic carbocycles. The molecule has 4 unspecified atom stereocenters. The maximum atomic E-state index is 3.78. The van der Waals surface area contributed by atoms with Crippen LogP contribution >= 0.6 is 23.5 Å². The molecular formula is C15H29NS2. The van der Waals surface area contributed by atoms with Crippen molar-refractivity contribution in [3.05, 3.63) is 0 Å². The van der Waals surface area contributed by atoms with Gasteiger partial charge in [-0.2, -0.15) is 23.5 Å². The van der Waals surface area contributed by atoms with Crippen molar-refractivity contribution in [2.75, 3.05) is 12.3 Å². The number of rotatable bonds is 5. The molecule has 0 aromatic heterocycles. The molecule has 1 saturated carbocycles. The Morgan fingerprint density at radius 1 is 1.17 bits per heavy atom. The summed E-state index contributed by atoms with van der Waals surface area (Å²) in [6.07, 6.45) is 7.34. The third-order valence-electron chi connectivity index (χ3n) is 4.55. The Bertz CT molecular complexity index is 241. The van der Waals surface area contributed by atoms with Crippen molar-refractivity contribution in [2.45, 2.75) is 74.7 Å². The molecule has 106 valence electrons. The van der Waals surface area contributed by atoms with Crippen molar-refractivity contribution in [1.29, 1.82) is 0 Å². The van der Waals surface area contributed by atoms with Gasteiger partial charge in [0.1, 0.15) is 0 Å². The normalized spacial score (nSPS) is 35.8. The lowest BCUT2D eigenvalue weighted by Crippen LogP contribution is -2.44. The third kappa shape index (κ3) is 4.08. The zero-order valence-electron chi connectivity index (χ0n) is 12.2. The summed E-state index contributed by atoms with van der Waals surface area (Å²) in [6, 6.07) is 0.755. The zero-order valence-corrected chi connectivity index (χ0v) is 13.8. The Morgan fingerprint density at radius 3 is 2.50 bits per heavy atom. The molecule has 2 rings (SSSR count). The van der Waals surface area contributed by atoms with Crippen LogP contribution in [0.5, 0.6) is 0 Å². The number of hydrogen-bond acceptors (Lipinski definition) is 3. The fourth-order valence-electron chi connectivity index (χ4n) is 3.25. The minimum absolute atomic E-state index is 0.755.